The van der Waals surface area contributed by atoms with Gasteiger partial charge >= 0.3 is 0 Å². The van der Waals surface area contributed by atoms with Crippen LogP contribution in [0.25, 0.3) is 0 Å². The molecule has 2 aliphatic carbocycles. The van der Waals surface area contributed by atoms with Crippen molar-refractivity contribution in [2.75, 3.05) is 6.61 Å². The van der Waals surface area contributed by atoms with Crippen molar-refractivity contribution >= 4 is 0 Å². The van der Waals surface area contributed by atoms with E-state index in [2.05, 4.69) is 49.6 Å². The largest absolute Gasteiger partial charge is 0.490 e. The van der Waals surface area contributed by atoms with Crippen molar-refractivity contribution in [2.45, 2.75) is 83.5 Å². The van der Waals surface area contributed by atoms with Gasteiger partial charge in [-0.1, -0.05) is 82.1 Å². The van der Waals surface area contributed by atoms with E-state index in [4.69, 9.17) is 4.74 Å². The number of hydrogen-bond donors (Lipinski definition) is 0. The number of rotatable bonds is 9. The molecule has 2 saturated carbocycles. The second-order valence-corrected chi connectivity index (χ2v) is 10.6. The van der Waals surface area contributed by atoms with Crippen LogP contribution in [0.15, 0.2) is 61.2 Å². The summed E-state index contributed by atoms with van der Waals surface area (Å²) in [7, 11) is 0. The normalized spacial score (nSPS) is 23.9. The maximum absolute atomic E-state index is 5.54. The quantitative estimate of drug-likeness (QED) is 0.209. The van der Waals surface area contributed by atoms with Crippen LogP contribution >= 0.6 is 0 Å². The van der Waals surface area contributed by atoms with Gasteiger partial charge in [0, 0.05) is 11.1 Å². The molecule has 2 fully saturated rings. The molecule has 1 heteroatoms. The summed E-state index contributed by atoms with van der Waals surface area (Å²) in [4.78, 5) is 0. The molecule has 0 radical (unpaired) electrons. The van der Waals surface area contributed by atoms with Crippen LogP contribution in [0.4, 0.5) is 0 Å². The Morgan fingerprint density at radius 1 is 0.824 bits per heavy atom. The predicted octanol–water partition coefficient (Wildman–Crippen LogP) is 8.92. The van der Waals surface area contributed by atoms with Crippen molar-refractivity contribution in [3.8, 4) is 17.6 Å². The average molecular weight is 455 g/mol. The van der Waals surface area contributed by atoms with Crippen molar-refractivity contribution in [3.63, 3.8) is 0 Å². The van der Waals surface area contributed by atoms with E-state index < -0.39 is 0 Å². The standard InChI is InChI=1S/C33H42O/c1-3-5-6-7-8-28-13-18-32-25-31(20-19-30(32)24-28)29-16-11-26(12-17-29)9-10-27-14-21-33(22-15-27)34-23-4-2/h4,11-12,14-17,21-22,28,30-32H,2-3,5-8,13,18-20,23-25H2,1H3/t28?,30-,31-,32-/m1/s1. The summed E-state index contributed by atoms with van der Waals surface area (Å²) in [5.41, 5.74) is 3.62. The molecular weight excluding hydrogens is 412 g/mol. The Bertz CT molecular complexity index is 943. The van der Waals surface area contributed by atoms with Crippen molar-refractivity contribution in [1.82, 2.24) is 0 Å². The number of ether oxygens (including phenoxy) is 1. The fourth-order valence-electron chi connectivity index (χ4n) is 6.18. The van der Waals surface area contributed by atoms with Crippen LogP contribution in [-0.4, -0.2) is 6.61 Å². The highest BCUT2D eigenvalue weighted by Crippen LogP contribution is 2.48. The van der Waals surface area contributed by atoms with Gasteiger partial charge in [0.05, 0.1) is 0 Å². The van der Waals surface area contributed by atoms with E-state index >= 15 is 0 Å². The Balaban J connectivity index is 1.27. The summed E-state index contributed by atoms with van der Waals surface area (Å²) in [6, 6.07) is 17.0. The molecule has 0 aromatic heterocycles. The lowest BCUT2D eigenvalue weighted by molar-refractivity contribution is 0.113. The van der Waals surface area contributed by atoms with E-state index in [0.29, 0.717) is 6.61 Å². The van der Waals surface area contributed by atoms with Gasteiger partial charge in [-0.25, -0.2) is 0 Å². The smallest absolute Gasteiger partial charge is 0.119 e. The topological polar surface area (TPSA) is 9.23 Å². The fraction of sp³-hybridized carbons (Fsp3) is 0.515. The van der Waals surface area contributed by atoms with E-state index in [1.165, 1.54) is 76.2 Å². The van der Waals surface area contributed by atoms with E-state index in [0.717, 1.165) is 40.5 Å². The van der Waals surface area contributed by atoms with Crippen LogP contribution < -0.4 is 4.74 Å². The maximum atomic E-state index is 5.54. The van der Waals surface area contributed by atoms with E-state index in [-0.39, 0.29) is 0 Å². The van der Waals surface area contributed by atoms with E-state index in [1.807, 2.05) is 24.3 Å². The fourth-order valence-corrected chi connectivity index (χ4v) is 6.18. The first-order valence-electron chi connectivity index (χ1n) is 13.7. The summed E-state index contributed by atoms with van der Waals surface area (Å²) >= 11 is 0. The Kier molecular flexibility index (Phi) is 9.32. The van der Waals surface area contributed by atoms with E-state index in [9.17, 15) is 0 Å². The van der Waals surface area contributed by atoms with Gasteiger partial charge in [-0.05, 0) is 97.7 Å². The minimum absolute atomic E-state index is 0.527. The lowest BCUT2D eigenvalue weighted by Crippen LogP contribution is -2.30. The number of hydrogen-bond acceptors (Lipinski definition) is 1. The zero-order valence-electron chi connectivity index (χ0n) is 21.1. The van der Waals surface area contributed by atoms with Gasteiger partial charge in [0.15, 0.2) is 0 Å². The van der Waals surface area contributed by atoms with E-state index in [1.54, 1.807) is 6.08 Å². The van der Waals surface area contributed by atoms with Gasteiger partial charge in [-0.3, -0.25) is 0 Å². The van der Waals surface area contributed by atoms with Gasteiger partial charge in [-0.15, -0.1) is 0 Å². The second-order valence-electron chi connectivity index (χ2n) is 10.6. The van der Waals surface area contributed by atoms with Crippen molar-refractivity contribution in [1.29, 1.82) is 0 Å². The first kappa shape index (κ1) is 24.7. The Labute approximate surface area is 208 Å². The summed E-state index contributed by atoms with van der Waals surface area (Å²) in [6.07, 6.45) is 17.6. The highest BCUT2D eigenvalue weighted by atomic mass is 16.5. The number of fused-ring (bicyclic) bond motifs is 1. The summed E-state index contributed by atoms with van der Waals surface area (Å²) < 4.78 is 5.54. The van der Waals surface area contributed by atoms with Crippen molar-refractivity contribution in [3.05, 3.63) is 77.9 Å². The van der Waals surface area contributed by atoms with Crippen LogP contribution in [0, 0.1) is 29.6 Å². The van der Waals surface area contributed by atoms with Crippen LogP contribution in [0.3, 0.4) is 0 Å². The second kappa shape index (κ2) is 12.9. The average Bonchev–Trinajstić information content (AvgIpc) is 2.89. The predicted molar refractivity (Wildman–Crippen MR) is 144 cm³/mol. The summed E-state index contributed by atoms with van der Waals surface area (Å²) in [6.45, 7) is 6.52. The van der Waals surface area contributed by atoms with Crippen molar-refractivity contribution < 1.29 is 4.74 Å². The molecule has 0 heterocycles. The SMILES string of the molecule is C=CCOc1ccc(C#Cc2ccc([C@@H]3CC[C@@H]4CC(CCCCCC)CC[C@@H]4C3)cc2)cc1. The molecule has 4 rings (SSSR count). The first-order valence-corrected chi connectivity index (χ1v) is 13.7. The molecule has 0 saturated heterocycles. The third-order valence-electron chi connectivity index (χ3n) is 8.14. The Morgan fingerprint density at radius 2 is 1.50 bits per heavy atom. The Hall–Kier alpha value is -2.46. The molecule has 1 unspecified atom stereocenters. The van der Waals surface area contributed by atoms with Gasteiger partial charge in [0.2, 0.25) is 0 Å². The lowest BCUT2D eigenvalue weighted by Gasteiger charge is -2.42. The molecule has 1 nitrogen and oxygen atoms in total. The number of unbranched alkanes of at least 4 members (excludes halogenated alkanes) is 3. The van der Waals surface area contributed by atoms with Crippen LogP contribution in [0.5, 0.6) is 5.75 Å². The first-order chi connectivity index (χ1) is 16.7. The van der Waals surface area contributed by atoms with Gasteiger partial charge < -0.3 is 4.74 Å². The molecule has 0 spiro atoms. The highest BCUT2D eigenvalue weighted by Gasteiger charge is 2.35. The minimum Gasteiger partial charge on any atom is -0.490 e. The summed E-state index contributed by atoms with van der Waals surface area (Å²) in [5.74, 6) is 11.2. The monoisotopic (exact) mass is 454 g/mol. The van der Waals surface area contributed by atoms with Crippen LogP contribution in [-0.2, 0) is 0 Å². The van der Waals surface area contributed by atoms with Gasteiger partial charge in [0.1, 0.15) is 12.4 Å². The molecule has 0 amide bonds. The molecule has 4 atom stereocenters. The molecule has 0 bridgehead atoms. The zero-order chi connectivity index (χ0) is 23.6. The molecule has 2 aromatic carbocycles. The third kappa shape index (κ3) is 7.02. The molecular formula is C33H42O. The molecule has 180 valence electrons. The molecule has 2 aromatic rings. The van der Waals surface area contributed by atoms with Gasteiger partial charge in [-0.2, -0.15) is 0 Å². The van der Waals surface area contributed by atoms with Crippen LogP contribution in [0.2, 0.25) is 0 Å². The zero-order valence-corrected chi connectivity index (χ0v) is 21.1. The molecule has 2 aliphatic rings. The summed E-state index contributed by atoms with van der Waals surface area (Å²) in [5, 5.41) is 0. The number of benzene rings is 2. The van der Waals surface area contributed by atoms with Crippen molar-refractivity contribution in [2.24, 2.45) is 17.8 Å². The molecule has 0 N–H and O–H groups in total. The third-order valence-corrected chi connectivity index (χ3v) is 8.14. The van der Waals surface area contributed by atoms with Gasteiger partial charge in [0.25, 0.3) is 0 Å². The molecule has 0 aliphatic heterocycles. The minimum atomic E-state index is 0.527. The Morgan fingerprint density at radius 3 is 2.21 bits per heavy atom. The lowest BCUT2D eigenvalue weighted by atomic mass is 9.63. The van der Waals surface area contributed by atoms with Crippen LogP contribution in [0.1, 0.15) is 100 Å². The maximum Gasteiger partial charge on any atom is 0.119 e. The molecule has 34 heavy (non-hydrogen) atoms. The highest BCUT2D eigenvalue weighted by molar-refractivity contribution is 5.45.